The Morgan fingerprint density at radius 3 is 2.52 bits per heavy atom. The summed E-state index contributed by atoms with van der Waals surface area (Å²) in [5.74, 6) is 0.0740. The second-order valence-electron chi connectivity index (χ2n) is 6.86. The molecule has 4 aromatic rings. The smallest absolute Gasteiger partial charge is 0.206 e. The predicted octanol–water partition coefficient (Wildman–Crippen LogP) is 3.64. The van der Waals surface area contributed by atoms with Crippen LogP contribution < -0.4 is 5.14 Å². The molecule has 176 valence electrons. The number of hydrogen-bond acceptors (Lipinski definition) is 8. The van der Waals surface area contributed by atoms with Crippen LogP contribution in [0, 0.1) is 0 Å². The van der Waals surface area contributed by atoms with Gasteiger partial charge in [-0.3, -0.25) is 4.98 Å². The number of benzene rings is 1. The summed E-state index contributed by atoms with van der Waals surface area (Å²) in [5, 5.41) is 19.1. The minimum absolute atomic E-state index is 0.0645. The van der Waals surface area contributed by atoms with E-state index in [1.807, 2.05) is 13.8 Å². The van der Waals surface area contributed by atoms with Gasteiger partial charge in [-0.2, -0.15) is 5.21 Å². The van der Waals surface area contributed by atoms with Crippen molar-refractivity contribution in [1.29, 1.82) is 0 Å². The highest BCUT2D eigenvalue weighted by atomic mass is 32.2. The van der Waals surface area contributed by atoms with Gasteiger partial charge in [0, 0.05) is 23.4 Å². The quantitative estimate of drug-likeness (QED) is 0.397. The summed E-state index contributed by atoms with van der Waals surface area (Å²) >= 11 is 0. The molecular weight excluding hydrogens is 464 g/mol. The number of pyridine rings is 1. The van der Waals surface area contributed by atoms with Crippen LogP contribution in [0.1, 0.15) is 40.5 Å². The normalized spacial score (nSPS) is 12.5. The van der Waals surface area contributed by atoms with Crippen molar-refractivity contribution in [2.24, 2.45) is 5.14 Å². The number of nitrogens with zero attached hydrogens (tertiary/aromatic N) is 4. The molecule has 12 heteroatoms. The van der Waals surface area contributed by atoms with Gasteiger partial charge in [0.15, 0.2) is 15.4 Å². The molecule has 0 amide bonds. The van der Waals surface area contributed by atoms with Crippen molar-refractivity contribution in [2.45, 2.75) is 55.6 Å². The maximum Gasteiger partial charge on any atom is 0.206 e. The van der Waals surface area contributed by atoms with Crippen LogP contribution in [0.15, 0.2) is 50.9 Å². The fraction of sp³-hybridized carbons (Fsp3) is 0.333. The van der Waals surface area contributed by atoms with Crippen LogP contribution in [0.4, 0.5) is 0 Å². The molecule has 0 saturated carbocycles. The lowest BCUT2D eigenvalue weighted by molar-refractivity contribution is 0.569. The van der Waals surface area contributed by atoms with E-state index in [2.05, 4.69) is 25.6 Å². The Balaban J connectivity index is 0.00000149. The lowest BCUT2D eigenvalue weighted by Gasteiger charge is -2.19. The average Bonchev–Trinajstić information content (AvgIpc) is 3.51. The largest absolute Gasteiger partial charge is 0.463 e. The monoisotopic (exact) mass is 490 g/mol. The van der Waals surface area contributed by atoms with Crippen LogP contribution in [-0.4, -0.2) is 43.5 Å². The maximum atomic E-state index is 13.3. The number of nitrogens with two attached hydrogens (primary N) is 1. The summed E-state index contributed by atoms with van der Waals surface area (Å²) in [6.07, 6.45) is 3.95. The molecule has 0 saturated heterocycles. The molecule has 3 heterocycles. The van der Waals surface area contributed by atoms with Gasteiger partial charge in [0.25, 0.3) is 0 Å². The van der Waals surface area contributed by atoms with Gasteiger partial charge in [0.1, 0.15) is 16.5 Å². The molecule has 0 aliphatic rings. The van der Waals surface area contributed by atoms with Gasteiger partial charge in [-0.1, -0.05) is 33.8 Å². The summed E-state index contributed by atoms with van der Waals surface area (Å²) in [6.45, 7) is 7.59. The fourth-order valence-electron chi connectivity index (χ4n) is 3.62. The standard InChI is InChI=1S/C19H20N6O4S2.C2H6/c1-3-12(4-2)31(27,28)16-6-5-13(11-9-15-14(21-10-11)7-8-29-15)17(18(16)30(20)26)19-22-24-25-23-19;1-2/h5-10,12H,3-4,20H2,1-2H3,(H,22,23,24,25);1-2H3. The molecule has 0 aliphatic heterocycles. The van der Waals surface area contributed by atoms with Gasteiger partial charge < -0.3 is 4.42 Å². The van der Waals surface area contributed by atoms with Gasteiger partial charge in [0.05, 0.1) is 21.3 Å². The van der Waals surface area contributed by atoms with Crippen molar-refractivity contribution in [2.75, 3.05) is 0 Å². The summed E-state index contributed by atoms with van der Waals surface area (Å²) in [7, 11) is -5.96. The molecule has 0 bridgehead atoms. The van der Waals surface area contributed by atoms with Crippen LogP contribution in [0.2, 0.25) is 0 Å². The number of nitrogens with one attached hydrogen (secondary N) is 1. The van der Waals surface area contributed by atoms with E-state index in [1.54, 1.807) is 38.2 Å². The third-order valence-corrected chi connectivity index (χ3v) is 8.61. The highest BCUT2D eigenvalue weighted by Crippen LogP contribution is 2.39. The van der Waals surface area contributed by atoms with Gasteiger partial charge in [0.2, 0.25) is 5.82 Å². The van der Waals surface area contributed by atoms with Crippen LogP contribution in [-0.2, 0) is 20.8 Å². The second kappa shape index (κ2) is 10.3. The van der Waals surface area contributed by atoms with Crippen LogP contribution in [0.25, 0.3) is 33.6 Å². The number of aromatic nitrogens is 5. The fourth-order valence-corrected chi connectivity index (χ4v) is 6.74. The van der Waals surface area contributed by atoms with Gasteiger partial charge in [-0.05, 0) is 35.8 Å². The molecular formula is C21H26N6O4S2. The van der Waals surface area contributed by atoms with Gasteiger partial charge in [-0.15, -0.1) is 10.2 Å². The molecule has 0 fully saturated rings. The van der Waals surface area contributed by atoms with Gasteiger partial charge >= 0.3 is 0 Å². The minimum Gasteiger partial charge on any atom is -0.463 e. The summed E-state index contributed by atoms with van der Waals surface area (Å²) in [6, 6.07) is 6.52. The number of fused-ring (bicyclic) bond motifs is 1. The van der Waals surface area contributed by atoms with E-state index in [1.165, 1.54) is 12.3 Å². The van der Waals surface area contributed by atoms with Gasteiger partial charge in [-0.25, -0.2) is 17.8 Å². The summed E-state index contributed by atoms with van der Waals surface area (Å²) in [4.78, 5) is 4.19. The van der Waals surface area contributed by atoms with E-state index in [-0.39, 0.29) is 21.2 Å². The molecule has 1 unspecified atom stereocenters. The van der Waals surface area contributed by atoms with E-state index in [0.717, 1.165) is 0 Å². The van der Waals surface area contributed by atoms with Crippen molar-refractivity contribution < 1.29 is 17.0 Å². The molecule has 0 aliphatic carbocycles. The number of aromatic amines is 1. The van der Waals surface area contributed by atoms with Crippen molar-refractivity contribution in [1.82, 2.24) is 25.6 Å². The van der Waals surface area contributed by atoms with Crippen molar-refractivity contribution in [3.8, 4) is 22.5 Å². The predicted molar refractivity (Wildman–Crippen MR) is 126 cm³/mol. The first kappa shape index (κ1) is 24.7. The van der Waals surface area contributed by atoms with Crippen molar-refractivity contribution >= 4 is 31.9 Å². The molecule has 0 radical (unpaired) electrons. The van der Waals surface area contributed by atoms with Crippen molar-refractivity contribution in [3.05, 3.63) is 36.7 Å². The first-order valence-electron chi connectivity index (χ1n) is 10.5. The zero-order valence-electron chi connectivity index (χ0n) is 18.8. The minimum atomic E-state index is -3.81. The molecule has 1 aromatic carbocycles. The van der Waals surface area contributed by atoms with Crippen LogP contribution in [0.3, 0.4) is 0 Å². The zero-order valence-corrected chi connectivity index (χ0v) is 20.4. The topological polar surface area (TPSA) is 158 Å². The first-order valence-corrected chi connectivity index (χ1v) is 13.3. The molecule has 1 atom stereocenters. The third-order valence-electron chi connectivity index (χ3n) is 5.16. The molecule has 4 rings (SSSR count). The lowest BCUT2D eigenvalue weighted by atomic mass is 10.0. The Labute approximate surface area is 194 Å². The number of furan rings is 1. The van der Waals surface area contributed by atoms with E-state index in [4.69, 9.17) is 9.56 Å². The number of hydrogen-bond donors (Lipinski definition) is 2. The van der Waals surface area contributed by atoms with E-state index >= 15 is 0 Å². The Morgan fingerprint density at radius 1 is 1.18 bits per heavy atom. The molecule has 33 heavy (non-hydrogen) atoms. The molecule has 3 aromatic heterocycles. The van der Waals surface area contributed by atoms with Crippen LogP contribution in [0.5, 0.6) is 0 Å². The lowest BCUT2D eigenvalue weighted by Crippen LogP contribution is -2.23. The Bertz CT molecular complexity index is 1360. The van der Waals surface area contributed by atoms with E-state index < -0.39 is 26.1 Å². The number of H-pyrrole nitrogens is 1. The van der Waals surface area contributed by atoms with Crippen molar-refractivity contribution in [3.63, 3.8) is 0 Å². The summed E-state index contributed by atoms with van der Waals surface area (Å²) < 4.78 is 44.8. The second-order valence-corrected chi connectivity index (χ2v) is 10.1. The highest BCUT2D eigenvalue weighted by molar-refractivity contribution is 7.93. The highest BCUT2D eigenvalue weighted by Gasteiger charge is 2.32. The SMILES string of the molecule is CC.CCC(CC)S(=O)(=O)c1ccc(-c2cnc3ccoc3c2)c(-c2nn[nH]n2)c1S(N)=O. The number of rotatable bonds is 7. The first-order chi connectivity index (χ1) is 15.9. The Morgan fingerprint density at radius 2 is 1.91 bits per heavy atom. The van der Waals surface area contributed by atoms with E-state index in [9.17, 15) is 12.6 Å². The molecule has 0 spiro atoms. The number of sulfone groups is 1. The molecule has 3 N–H and O–H groups in total. The van der Waals surface area contributed by atoms with E-state index in [0.29, 0.717) is 35.1 Å². The third kappa shape index (κ3) is 4.59. The molecule has 10 nitrogen and oxygen atoms in total. The maximum absolute atomic E-state index is 13.3. The van der Waals surface area contributed by atoms with Crippen LogP contribution >= 0.6 is 0 Å². The number of tetrazole rings is 1. The summed E-state index contributed by atoms with van der Waals surface area (Å²) in [5.41, 5.74) is 2.53. The average molecular weight is 491 g/mol. The Kier molecular flexibility index (Phi) is 7.72. The Hall–Kier alpha value is -2.96. The zero-order chi connectivity index (χ0) is 24.2.